The van der Waals surface area contributed by atoms with E-state index in [2.05, 4.69) is 10.3 Å². The van der Waals surface area contributed by atoms with Gasteiger partial charge in [0.1, 0.15) is 0 Å². The van der Waals surface area contributed by atoms with Crippen LogP contribution in [0.1, 0.15) is 57.9 Å². The third kappa shape index (κ3) is 4.59. The van der Waals surface area contributed by atoms with Gasteiger partial charge in [0, 0.05) is 29.1 Å². The Bertz CT molecular complexity index is 819. The largest absolute Gasteiger partial charge is 0.462 e. The quantitative estimate of drug-likeness (QED) is 0.586. The van der Waals surface area contributed by atoms with E-state index < -0.39 is 0 Å². The second kappa shape index (κ2) is 8.47. The molecule has 6 heteroatoms. The van der Waals surface area contributed by atoms with Crippen molar-refractivity contribution in [3.8, 4) is 0 Å². The third-order valence-electron chi connectivity index (χ3n) is 4.20. The predicted octanol–water partition coefficient (Wildman–Crippen LogP) is 3.58. The summed E-state index contributed by atoms with van der Waals surface area (Å²) in [7, 11) is 0. The molecule has 0 atom stereocenters. The van der Waals surface area contributed by atoms with Crippen LogP contribution in [0.2, 0.25) is 0 Å². The highest BCUT2D eigenvalue weighted by Crippen LogP contribution is 2.20. The van der Waals surface area contributed by atoms with E-state index in [1.54, 1.807) is 31.2 Å². The maximum atomic E-state index is 12.2. The molecule has 2 aromatic rings. The number of esters is 1. The van der Waals surface area contributed by atoms with Gasteiger partial charge in [-0.25, -0.2) is 4.79 Å². The van der Waals surface area contributed by atoms with Gasteiger partial charge in [0.05, 0.1) is 12.2 Å². The first kappa shape index (κ1) is 19.4. The van der Waals surface area contributed by atoms with E-state index in [0.29, 0.717) is 29.8 Å². The van der Waals surface area contributed by atoms with Crippen molar-refractivity contribution < 1.29 is 19.1 Å². The van der Waals surface area contributed by atoms with Crippen molar-refractivity contribution in [2.45, 2.75) is 40.5 Å². The van der Waals surface area contributed by atoms with Crippen LogP contribution >= 0.6 is 0 Å². The first-order valence-corrected chi connectivity index (χ1v) is 8.59. The van der Waals surface area contributed by atoms with Crippen molar-refractivity contribution in [2.24, 2.45) is 0 Å². The molecular weight excluding hydrogens is 332 g/mol. The molecule has 0 saturated heterocycles. The predicted molar refractivity (Wildman–Crippen MR) is 99.6 cm³/mol. The molecule has 0 aliphatic carbocycles. The lowest BCUT2D eigenvalue weighted by Crippen LogP contribution is -2.13. The minimum atomic E-state index is -0.347. The van der Waals surface area contributed by atoms with Gasteiger partial charge >= 0.3 is 5.97 Å². The summed E-state index contributed by atoms with van der Waals surface area (Å²) < 4.78 is 5.07. The summed E-state index contributed by atoms with van der Waals surface area (Å²) in [6.07, 6.45) is 0.765. The average Bonchev–Trinajstić information content (AvgIpc) is 2.87. The summed E-state index contributed by atoms with van der Waals surface area (Å²) in [4.78, 5) is 38.6. The molecule has 1 amide bonds. The van der Waals surface area contributed by atoms with E-state index in [9.17, 15) is 14.4 Å². The van der Waals surface area contributed by atoms with Crippen LogP contribution < -0.4 is 5.32 Å². The minimum absolute atomic E-state index is 0.0159. The Morgan fingerprint density at radius 3 is 2.35 bits per heavy atom. The fourth-order valence-corrected chi connectivity index (χ4v) is 2.82. The van der Waals surface area contributed by atoms with Crippen LogP contribution in [0.4, 0.5) is 5.69 Å². The molecule has 0 spiro atoms. The van der Waals surface area contributed by atoms with Crippen molar-refractivity contribution in [1.29, 1.82) is 0 Å². The van der Waals surface area contributed by atoms with Gasteiger partial charge in [-0.1, -0.05) is 0 Å². The Kier molecular flexibility index (Phi) is 6.33. The molecule has 0 aliphatic rings. The van der Waals surface area contributed by atoms with E-state index in [-0.39, 0.29) is 24.1 Å². The van der Waals surface area contributed by atoms with Gasteiger partial charge in [0.2, 0.25) is 5.91 Å². The van der Waals surface area contributed by atoms with Crippen LogP contribution in [0.3, 0.4) is 0 Å². The number of hydrogen-bond donors (Lipinski definition) is 2. The molecule has 1 aromatic heterocycles. The van der Waals surface area contributed by atoms with Gasteiger partial charge in [0.15, 0.2) is 5.78 Å². The number of carbonyl (C=O) groups excluding carboxylic acids is 3. The zero-order valence-electron chi connectivity index (χ0n) is 15.6. The molecule has 0 unspecified atom stereocenters. The van der Waals surface area contributed by atoms with Crippen molar-refractivity contribution in [2.75, 3.05) is 11.9 Å². The fourth-order valence-electron chi connectivity index (χ4n) is 2.82. The highest BCUT2D eigenvalue weighted by Gasteiger charge is 2.19. The molecule has 138 valence electrons. The highest BCUT2D eigenvalue weighted by molar-refractivity contribution is 5.96. The van der Waals surface area contributed by atoms with E-state index >= 15 is 0 Å². The number of aromatic amines is 1. The number of rotatable bonds is 7. The molecule has 0 saturated carbocycles. The second-order valence-corrected chi connectivity index (χ2v) is 6.13. The van der Waals surface area contributed by atoms with E-state index in [1.807, 2.05) is 13.8 Å². The number of carbonyl (C=O) groups is 3. The van der Waals surface area contributed by atoms with Crippen LogP contribution in [-0.4, -0.2) is 29.3 Å². The van der Waals surface area contributed by atoms with Crippen molar-refractivity contribution >= 4 is 23.3 Å². The molecule has 6 nitrogen and oxygen atoms in total. The van der Waals surface area contributed by atoms with E-state index in [1.165, 1.54) is 6.92 Å². The molecule has 0 aliphatic heterocycles. The zero-order valence-corrected chi connectivity index (χ0v) is 15.6. The van der Waals surface area contributed by atoms with Gasteiger partial charge in [0.25, 0.3) is 0 Å². The summed E-state index contributed by atoms with van der Waals surface area (Å²) in [5, 5.41) is 2.81. The Labute approximate surface area is 152 Å². The summed E-state index contributed by atoms with van der Waals surface area (Å²) in [5.41, 5.74) is 4.21. The van der Waals surface area contributed by atoms with Crippen LogP contribution in [-0.2, 0) is 16.0 Å². The number of ether oxygens (including phenoxy) is 1. The number of ketones is 1. The standard InChI is InChI=1S/C20H24N2O4/c1-5-26-20(25)19-12(2)17(21-13(19)3)10-11-18(24)22-16-8-6-15(7-9-16)14(4)23/h6-9,21H,5,10-11H2,1-4H3,(H,22,24). The number of anilines is 1. The lowest BCUT2D eigenvalue weighted by molar-refractivity contribution is -0.116. The van der Waals surface area contributed by atoms with Gasteiger partial charge in [-0.3, -0.25) is 9.59 Å². The number of aryl methyl sites for hydroxylation is 2. The molecule has 1 heterocycles. The Balaban J connectivity index is 1.98. The summed E-state index contributed by atoms with van der Waals surface area (Å²) in [5.74, 6) is -0.497. The number of amides is 1. The number of aromatic nitrogens is 1. The normalized spacial score (nSPS) is 10.5. The van der Waals surface area contributed by atoms with Gasteiger partial charge in [-0.2, -0.15) is 0 Å². The van der Waals surface area contributed by atoms with E-state index in [4.69, 9.17) is 4.74 Å². The molecule has 1 aromatic carbocycles. The Hall–Kier alpha value is -2.89. The SMILES string of the molecule is CCOC(=O)c1c(C)[nH]c(CCC(=O)Nc2ccc(C(C)=O)cc2)c1C. The summed E-state index contributed by atoms with van der Waals surface area (Å²) >= 11 is 0. The second-order valence-electron chi connectivity index (χ2n) is 6.13. The monoisotopic (exact) mass is 356 g/mol. The highest BCUT2D eigenvalue weighted by atomic mass is 16.5. The van der Waals surface area contributed by atoms with Gasteiger partial charge in [-0.05, 0) is 63.9 Å². The van der Waals surface area contributed by atoms with E-state index in [0.717, 1.165) is 17.0 Å². The third-order valence-corrected chi connectivity index (χ3v) is 4.20. The van der Waals surface area contributed by atoms with Gasteiger partial charge in [-0.15, -0.1) is 0 Å². The fraction of sp³-hybridized carbons (Fsp3) is 0.350. The molecular formula is C20H24N2O4. The molecule has 0 radical (unpaired) electrons. The van der Waals surface area contributed by atoms with Crippen LogP contribution in [0.5, 0.6) is 0 Å². The van der Waals surface area contributed by atoms with Crippen LogP contribution in [0, 0.1) is 13.8 Å². The molecule has 26 heavy (non-hydrogen) atoms. The first-order valence-electron chi connectivity index (χ1n) is 8.59. The lowest BCUT2D eigenvalue weighted by Gasteiger charge is -2.06. The van der Waals surface area contributed by atoms with Crippen molar-refractivity contribution in [3.05, 3.63) is 52.3 Å². The maximum Gasteiger partial charge on any atom is 0.340 e. The van der Waals surface area contributed by atoms with Crippen LogP contribution in [0.15, 0.2) is 24.3 Å². The van der Waals surface area contributed by atoms with Crippen LogP contribution in [0.25, 0.3) is 0 Å². The molecule has 0 fully saturated rings. The molecule has 2 N–H and O–H groups in total. The zero-order chi connectivity index (χ0) is 19.3. The van der Waals surface area contributed by atoms with Gasteiger partial charge < -0.3 is 15.0 Å². The molecule has 2 rings (SSSR count). The average molecular weight is 356 g/mol. The summed E-state index contributed by atoms with van der Waals surface area (Å²) in [6, 6.07) is 6.78. The first-order chi connectivity index (χ1) is 12.3. The number of nitrogens with one attached hydrogen (secondary N) is 2. The minimum Gasteiger partial charge on any atom is -0.462 e. The Morgan fingerprint density at radius 2 is 1.77 bits per heavy atom. The number of hydrogen-bond acceptors (Lipinski definition) is 4. The number of H-pyrrole nitrogens is 1. The topological polar surface area (TPSA) is 88.3 Å². The lowest BCUT2D eigenvalue weighted by atomic mass is 10.1. The Morgan fingerprint density at radius 1 is 1.12 bits per heavy atom. The van der Waals surface area contributed by atoms with Crippen molar-refractivity contribution in [1.82, 2.24) is 4.98 Å². The smallest absolute Gasteiger partial charge is 0.340 e. The van der Waals surface area contributed by atoms with Crippen molar-refractivity contribution in [3.63, 3.8) is 0 Å². The number of Topliss-reactive ketones (excluding diaryl/α,β-unsaturated/α-hetero) is 1. The maximum absolute atomic E-state index is 12.2. The number of benzene rings is 1. The molecule has 0 bridgehead atoms. The summed E-state index contributed by atoms with van der Waals surface area (Å²) in [6.45, 7) is 7.26.